The number of rotatable bonds is 6. The zero-order valence-corrected chi connectivity index (χ0v) is 11.5. The monoisotopic (exact) mass is 288 g/mol. The van der Waals surface area contributed by atoms with Crippen molar-refractivity contribution in [3.05, 3.63) is 28.3 Å². The average molecular weight is 288 g/mol. The molecule has 0 aliphatic heterocycles. The van der Waals surface area contributed by atoms with Crippen molar-refractivity contribution >= 4 is 15.7 Å². The fourth-order valence-electron chi connectivity index (χ4n) is 1.56. The summed E-state index contributed by atoms with van der Waals surface area (Å²) in [7, 11) is -4.08. The van der Waals surface area contributed by atoms with Gasteiger partial charge in [-0.05, 0) is 18.9 Å². The predicted molar refractivity (Wildman–Crippen MR) is 69.5 cm³/mol. The second kappa shape index (κ2) is 5.98. The van der Waals surface area contributed by atoms with E-state index < -0.39 is 14.9 Å². The molecule has 19 heavy (non-hydrogen) atoms. The third-order valence-electron chi connectivity index (χ3n) is 2.65. The van der Waals surface area contributed by atoms with E-state index in [1.54, 1.807) is 0 Å². The Balaban J connectivity index is 3.28. The normalized spacial score (nSPS) is 11.6. The molecule has 106 valence electrons. The van der Waals surface area contributed by atoms with Gasteiger partial charge >= 0.3 is 0 Å². The van der Waals surface area contributed by atoms with Crippen molar-refractivity contribution in [3.8, 4) is 5.75 Å². The van der Waals surface area contributed by atoms with Gasteiger partial charge in [0.1, 0.15) is 10.6 Å². The molecule has 1 aromatic rings. The summed E-state index contributed by atoms with van der Waals surface area (Å²) in [5.41, 5.74) is -0.346. The molecule has 0 aromatic heterocycles. The van der Waals surface area contributed by atoms with Crippen molar-refractivity contribution in [2.75, 3.05) is 0 Å². The Morgan fingerprint density at radius 3 is 2.37 bits per heavy atom. The summed E-state index contributed by atoms with van der Waals surface area (Å²) in [6.45, 7) is 3.80. The second-order valence-electron chi connectivity index (χ2n) is 3.99. The van der Waals surface area contributed by atoms with Crippen LogP contribution in [0.5, 0.6) is 5.75 Å². The molecule has 0 fully saturated rings. The molecule has 0 atom stereocenters. The summed E-state index contributed by atoms with van der Waals surface area (Å²) < 4.78 is 28.4. The zero-order chi connectivity index (χ0) is 14.6. The van der Waals surface area contributed by atoms with E-state index in [9.17, 15) is 18.5 Å². The quantitative estimate of drug-likeness (QED) is 0.633. The summed E-state index contributed by atoms with van der Waals surface area (Å²) in [4.78, 5) is 9.60. The second-order valence-corrected chi connectivity index (χ2v) is 5.52. The van der Waals surface area contributed by atoms with E-state index in [2.05, 4.69) is 0 Å². The van der Waals surface area contributed by atoms with E-state index in [0.717, 1.165) is 6.07 Å². The highest BCUT2D eigenvalue weighted by Crippen LogP contribution is 2.29. The molecule has 0 heterocycles. The first kappa shape index (κ1) is 15.4. The Morgan fingerprint density at radius 1 is 1.37 bits per heavy atom. The fourth-order valence-corrected chi connectivity index (χ4v) is 2.25. The average Bonchev–Trinajstić information content (AvgIpc) is 2.34. The lowest BCUT2D eigenvalue weighted by Gasteiger charge is -2.17. The molecular weight excluding hydrogens is 272 g/mol. The first-order valence-corrected chi connectivity index (χ1v) is 7.32. The third kappa shape index (κ3) is 3.90. The van der Waals surface area contributed by atoms with Gasteiger partial charge in [0.05, 0.1) is 11.0 Å². The maximum atomic E-state index is 11.5. The minimum Gasteiger partial charge on any atom is -0.489 e. The van der Waals surface area contributed by atoms with Gasteiger partial charge in [-0.25, -0.2) is 13.6 Å². The fraction of sp³-hybridized carbons (Fsp3) is 0.455. The van der Waals surface area contributed by atoms with Gasteiger partial charge in [-0.2, -0.15) is 0 Å². The standard InChI is InChI=1S/C11H16N2O5S/c1-3-9(4-2)18-10-6-5-8(13(14)15)7-11(10)19(12,16)17/h5-7,9H,3-4H2,1-2H3,(H2,12,16,17). The molecule has 0 unspecified atom stereocenters. The van der Waals surface area contributed by atoms with Gasteiger partial charge in [0, 0.05) is 12.1 Å². The number of nitro groups is 1. The van der Waals surface area contributed by atoms with Gasteiger partial charge in [0.2, 0.25) is 10.0 Å². The molecule has 1 rings (SSSR count). The number of ether oxygens (including phenoxy) is 1. The number of nitrogens with two attached hydrogens (primary N) is 1. The summed E-state index contributed by atoms with van der Waals surface area (Å²) in [6.07, 6.45) is 1.22. The lowest BCUT2D eigenvalue weighted by Crippen LogP contribution is -2.18. The highest BCUT2D eigenvalue weighted by molar-refractivity contribution is 7.89. The third-order valence-corrected chi connectivity index (χ3v) is 3.58. The molecule has 0 spiro atoms. The number of nitrogens with zero attached hydrogens (tertiary/aromatic N) is 1. The van der Waals surface area contributed by atoms with Crippen LogP contribution in [0.1, 0.15) is 26.7 Å². The Hall–Kier alpha value is -1.67. The predicted octanol–water partition coefficient (Wildman–Crippen LogP) is 1.81. The summed E-state index contributed by atoms with van der Waals surface area (Å²) in [6, 6.07) is 3.36. The number of hydrogen-bond donors (Lipinski definition) is 1. The van der Waals surface area contributed by atoms with Crippen molar-refractivity contribution in [3.63, 3.8) is 0 Å². The molecule has 0 saturated carbocycles. The van der Waals surface area contributed by atoms with Gasteiger partial charge in [-0.1, -0.05) is 13.8 Å². The first-order valence-electron chi connectivity index (χ1n) is 5.77. The highest BCUT2D eigenvalue weighted by Gasteiger charge is 2.21. The van der Waals surface area contributed by atoms with Crippen LogP contribution in [0.25, 0.3) is 0 Å². The number of primary sulfonamides is 1. The van der Waals surface area contributed by atoms with Crippen LogP contribution in [0.2, 0.25) is 0 Å². The van der Waals surface area contributed by atoms with Crippen molar-refractivity contribution in [1.82, 2.24) is 0 Å². The maximum Gasteiger partial charge on any atom is 0.271 e. The van der Waals surface area contributed by atoms with Gasteiger partial charge < -0.3 is 4.74 Å². The summed E-state index contributed by atoms with van der Waals surface area (Å²) >= 11 is 0. The molecule has 0 aliphatic carbocycles. The first-order chi connectivity index (χ1) is 8.79. The van der Waals surface area contributed by atoms with E-state index in [4.69, 9.17) is 9.88 Å². The minimum absolute atomic E-state index is 0.0433. The minimum atomic E-state index is -4.08. The Kier molecular flexibility index (Phi) is 4.84. The van der Waals surface area contributed by atoms with E-state index in [-0.39, 0.29) is 22.4 Å². The number of hydrogen-bond acceptors (Lipinski definition) is 5. The molecule has 0 saturated heterocycles. The lowest BCUT2D eigenvalue weighted by atomic mass is 10.2. The van der Waals surface area contributed by atoms with Gasteiger partial charge in [0.15, 0.2) is 0 Å². The van der Waals surface area contributed by atoms with Crippen molar-refractivity contribution in [1.29, 1.82) is 0 Å². The zero-order valence-electron chi connectivity index (χ0n) is 10.7. The van der Waals surface area contributed by atoms with Gasteiger partial charge in [0.25, 0.3) is 5.69 Å². The van der Waals surface area contributed by atoms with Gasteiger partial charge in [-0.15, -0.1) is 0 Å². The lowest BCUT2D eigenvalue weighted by molar-refractivity contribution is -0.385. The van der Waals surface area contributed by atoms with E-state index in [1.165, 1.54) is 12.1 Å². The number of sulfonamides is 1. The Bertz CT molecular complexity index is 566. The van der Waals surface area contributed by atoms with E-state index >= 15 is 0 Å². The molecule has 0 bridgehead atoms. The Morgan fingerprint density at radius 2 is 1.95 bits per heavy atom. The van der Waals surface area contributed by atoms with Crippen LogP contribution >= 0.6 is 0 Å². The molecule has 7 nitrogen and oxygen atoms in total. The topological polar surface area (TPSA) is 113 Å². The van der Waals surface area contributed by atoms with Crippen LogP contribution in [-0.4, -0.2) is 19.4 Å². The van der Waals surface area contributed by atoms with Gasteiger partial charge in [-0.3, -0.25) is 10.1 Å². The van der Waals surface area contributed by atoms with Crippen LogP contribution in [0.3, 0.4) is 0 Å². The smallest absolute Gasteiger partial charge is 0.271 e. The maximum absolute atomic E-state index is 11.5. The molecule has 2 N–H and O–H groups in total. The van der Waals surface area contributed by atoms with Crippen LogP contribution < -0.4 is 9.88 Å². The molecular formula is C11H16N2O5S. The van der Waals surface area contributed by atoms with Crippen LogP contribution in [-0.2, 0) is 10.0 Å². The molecule has 1 aromatic carbocycles. The highest BCUT2D eigenvalue weighted by atomic mass is 32.2. The van der Waals surface area contributed by atoms with Crippen LogP contribution in [0.4, 0.5) is 5.69 Å². The summed E-state index contributed by atoms with van der Waals surface area (Å²) in [5, 5.41) is 15.7. The Labute approximate surface area is 111 Å². The largest absolute Gasteiger partial charge is 0.489 e. The summed E-state index contributed by atoms with van der Waals surface area (Å²) in [5.74, 6) is 0.0433. The van der Waals surface area contributed by atoms with Crippen LogP contribution in [0, 0.1) is 10.1 Å². The molecule has 0 amide bonds. The van der Waals surface area contributed by atoms with Crippen molar-refractivity contribution < 1.29 is 18.1 Å². The SMILES string of the molecule is CCC(CC)Oc1ccc([N+](=O)[O-])cc1S(N)(=O)=O. The molecule has 0 radical (unpaired) electrons. The van der Waals surface area contributed by atoms with Crippen molar-refractivity contribution in [2.24, 2.45) is 5.14 Å². The molecule has 8 heteroatoms. The number of benzene rings is 1. The number of nitro benzene ring substituents is 1. The van der Waals surface area contributed by atoms with Crippen molar-refractivity contribution in [2.45, 2.75) is 37.7 Å². The number of non-ortho nitro benzene ring substituents is 1. The molecule has 0 aliphatic rings. The van der Waals surface area contributed by atoms with E-state index in [1.807, 2.05) is 13.8 Å². The van der Waals surface area contributed by atoms with Crippen LogP contribution in [0.15, 0.2) is 23.1 Å². The van der Waals surface area contributed by atoms with E-state index in [0.29, 0.717) is 12.8 Å².